The number of aldehydes is 1. The summed E-state index contributed by atoms with van der Waals surface area (Å²) < 4.78 is 0. The van der Waals surface area contributed by atoms with Crippen LogP contribution >= 0.6 is 0 Å². The van der Waals surface area contributed by atoms with Gasteiger partial charge in [0.05, 0.1) is 0 Å². The van der Waals surface area contributed by atoms with Crippen molar-refractivity contribution in [3.63, 3.8) is 0 Å². The van der Waals surface area contributed by atoms with Crippen LogP contribution in [0.25, 0.3) is 0 Å². The summed E-state index contributed by atoms with van der Waals surface area (Å²) in [5, 5.41) is 3.39. The number of anilines is 1. The van der Waals surface area contributed by atoms with Crippen molar-refractivity contribution in [3.8, 4) is 0 Å². The van der Waals surface area contributed by atoms with Crippen LogP contribution in [0, 0.1) is 6.92 Å². The lowest BCUT2D eigenvalue weighted by atomic mass is 9.88. The molecule has 2 rings (SSSR count). The smallest absolute Gasteiger partial charge is 0.127 e. The third-order valence-corrected chi connectivity index (χ3v) is 3.15. The van der Waals surface area contributed by atoms with E-state index in [9.17, 15) is 4.79 Å². The van der Waals surface area contributed by atoms with Gasteiger partial charge in [0.1, 0.15) is 6.29 Å². The van der Waals surface area contributed by atoms with E-state index in [0.29, 0.717) is 0 Å². The standard InChI is InChI=1S/C13H17NO/c1-3-10-6-9(2)13-12(7-10)11(8-15)4-5-14-13/h6-8,11,14H,3-5H2,1-2H3. The second-order valence-electron chi connectivity index (χ2n) is 4.19. The van der Waals surface area contributed by atoms with E-state index < -0.39 is 0 Å². The van der Waals surface area contributed by atoms with E-state index in [1.54, 1.807) is 0 Å². The molecule has 0 saturated carbocycles. The second-order valence-corrected chi connectivity index (χ2v) is 4.19. The summed E-state index contributed by atoms with van der Waals surface area (Å²) in [5.74, 6) is 0.0893. The van der Waals surface area contributed by atoms with E-state index in [4.69, 9.17) is 0 Å². The molecule has 1 aromatic carbocycles. The normalized spacial score (nSPS) is 19.2. The third kappa shape index (κ3) is 1.76. The minimum absolute atomic E-state index is 0.0893. The Labute approximate surface area is 90.7 Å². The van der Waals surface area contributed by atoms with Gasteiger partial charge in [-0.3, -0.25) is 0 Å². The number of aryl methyl sites for hydroxylation is 2. The lowest BCUT2D eigenvalue weighted by Gasteiger charge is -2.25. The average Bonchev–Trinajstić information content (AvgIpc) is 2.28. The number of hydrogen-bond donors (Lipinski definition) is 1. The highest BCUT2D eigenvalue weighted by Crippen LogP contribution is 2.33. The number of carbonyl (C=O) groups is 1. The van der Waals surface area contributed by atoms with Gasteiger partial charge in [0.25, 0.3) is 0 Å². The lowest BCUT2D eigenvalue weighted by Crippen LogP contribution is -2.19. The summed E-state index contributed by atoms with van der Waals surface area (Å²) in [6, 6.07) is 4.38. The molecule has 1 heterocycles. The molecule has 0 spiro atoms. The fourth-order valence-electron chi connectivity index (χ4n) is 2.28. The average molecular weight is 203 g/mol. The number of carbonyl (C=O) groups excluding carboxylic acids is 1. The van der Waals surface area contributed by atoms with Crippen molar-refractivity contribution in [2.75, 3.05) is 11.9 Å². The van der Waals surface area contributed by atoms with Crippen LogP contribution in [0.3, 0.4) is 0 Å². The Morgan fingerprint density at radius 3 is 3.00 bits per heavy atom. The van der Waals surface area contributed by atoms with Gasteiger partial charge in [0.15, 0.2) is 0 Å². The molecular weight excluding hydrogens is 186 g/mol. The lowest BCUT2D eigenvalue weighted by molar-refractivity contribution is -0.109. The van der Waals surface area contributed by atoms with Gasteiger partial charge < -0.3 is 10.1 Å². The minimum Gasteiger partial charge on any atom is -0.385 e. The Hall–Kier alpha value is -1.31. The molecule has 0 bridgehead atoms. The summed E-state index contributed by atoms with van der Waals surface area (Å²) in [7, 11) is 0. The number of fused-ring (bicyclic) bond motifs is 1. The highest BCUT2D eigenvalue weighted by Gasteiger charge is 2.20. The van der Waals surface area contributed by atoms with Gasteiger partial charge in [-0.05, 0) is 36.5 Å². The van der Waals surface area contributed by atoms with E-state index >= 15 is 0 Å². The predicted molar refractivity (Wildman–Crippen MR) is 62.5 cm³/mol. The first-order chi connectivity index (χ1) is 7.26. The summed E-state index contributed by atoms with van der Waals surface area (Å²) in [4.78, 5) is 11.0. The molecule has 2 heteroatoms. The molecule has 1 atom stereocenters. The van der Waals surface area contributed by atoms with Gasteiger partial charge in [-0.1, -0.05) is 19.1 Å². The van der Waals surface area contributed by atoms with E-state index in [-0.39, 0.29) is 5.92 Å². The Morgan fingerprint density at radius 1 is 1.53 bits per heavy atom. The Bertz CT molecular complexity index is 384. The molecule has 2 nitrogen and oxygen atoms in total. The first kappa shape index (κ1) is 10.2. The van der Waals surface area contributed by atoms with E-state index in [1.807, 2.05) is 0 Å². The Kier molecular flexibility index (Phi) is 2.76. The maximum atomic E-state index is 11.0. The number of benzene rings is 1. The van der Waals surface area contributed by atoms with Gasteiger partial charge in [-0.15, -0.1) is 0 Å². The van der Waals surface area contributed by atoms with Crippen LogP contribution in [0.15, 0.2) is 12.1 Å². The van der Waals surface area contributed by atoms with Crippen LogP contribution in [0.4, 0.5) is 5.69 Å². The molecule has 15 heavy (non-hydrogen) atoms. The summed E-state index contributed by atoms with van der Waals surface area (Å²) in [6.07, 6.45) is 3.03. The molecule has 0 aliphatic carbocycles. The van der Waals surface area contributed by atoms with Crippen LogP contribution in [-0.4, -0.2) is 12.8 Å². The van der Waals surface area contributed by atoms with Crippen molar-refractivity contribution in [2.45, 2.75) is 32.6 Å². The van der Waals surface area contributed by atoms with Gasteiger partial charge in [0, 0.05) is 18.2 Å². The first-order valence-corrected chi connectivity index (χ1v) is 5.58. The van der Waals surface area contributed by atoms with Gasteiger partial charge in [0.2, 0.25) is 0 Å². The summed E-state index contributed by atoms with van der Waals surface area (Å²) in [5.41, 5.74) is 4.95. The van der Waals surface area contributed by atoms with Crippen LogP contribution in [-0.2, 0) is 11.2 Å². The molecule has 1 aliphatic heterocycles. The van der Waals surface area contributed by atoms with Crippen molar-refractivity contribution in [3.05, 3.63) is 28.8 Å². The molecule has 0 fully saturated rings. The molecule has 0 aromatic heterocycles. The predicted octanol–water partition coefficient (Wildman–Crippen LogP) is 2.66. The quantitative estimate of drug-likeness (QED) is 0.749. The fourth-order valence-corrected chi connectivity index (χ4v) is 2.28. The molecule has 0 radical (unpaired) electrons. The highest BCUT2D eigenvalue weighted by atomic mass is 16.1. The van der Waals surface area contributed by atoms with Gasteiger partial charge in [-0.2, -0.15) is 0 Å². The van der Waals surface area contributed by atoms with Crippen molar-refractivity contribution >= 4 is 12.0 Å². The van der Waals surface area contributed by atoms with Crippen molar-refractivity contribution in [2.24, 2.45) is 0 Å². The monoisotopic (exact) mass is 203 g/mol. The maximum absolute atomic E-state index is 11.0. The fraction of sp³-hybridized carbons (Fsp3) is 0.462. The molecule has 0 saturated heterocycles. The molecule has 1 unspecified atom stereocenters. The van der Waals surface area contributed by atoms with Gasteiger partial charge >= 0.3 is 0 Å². The highest BCUT2D eigenvalue weighted by molar-refractivity contribution is 5.72. The molecule has 1 N–H and O–H groups in total. The number of nitrogens with one attached hydrogen (secondary N) is 1. The van der Waals surface area contributed by atoms with Crippen LogP contribution in [0.1, 0.15) is 36.0 Å². The minimum atomic E-state index is 0.0893. The van der Waals surface area contributed by atoms with Crippen LogP contribution < -0.4 is 5.32 Å². The van der Waals surface area contributed by atoms with Crippen LogP contribution in [0.5, 0.6) is 0 Å². The van der Waals surface area contributed by atoms with E-state index in [2.05, 4.69) is 31.3 Å². The third-order valence-electron chi connectivity index (χ3n) is 3.15. The Morgan fingerprint density at radius 2 is 2.33 bits per heavy atom. The summed E-state index contributed by atoms with van der Waals surface area (Å²) in [6.45, 7) is 5.16. The Balaban J connectivity index is 2.53. The molecule has 80 valence electrons. The SMILES string of the molecule is CCc1cc(C)c2c(c1)C(C=O)CCN2. The van der Waals surface area contributed by atoms with Crippen molar-refractivity contribution < 1.29 is 4.79 Å². The maximum Gasteiger partial charge on any atom is 0.127 e. The topological polar surface area (TPSA) is 29.1 Å². The molecule has 0 amide bonds. The second kappa shape index (κ2) is 4.05. The first-order valence-electron chi connectivity index (χ1n) is 5.58. The van der Waals surface area contributed by atoms with Gasteiger partial charge in [-0.25, -0.2) is 0 Å². The van der Waals surface area contributed by atoms with E-state index in [1.165, 1.54) is 22.4 Å². The zero-order chi connectivity index (χ0) is 10.8. The zero-order valence-corrected chi connectivity index (χ0v) is 9.34. The molecule has 1 aromatic rings. The molecular formula is C13H17NO. The number of rotatable bonds is 2. The van der Waals surface area contributed by atoms with Crippen molar-refractivity contribution in [1.29, 1.82) is 0 Å². The largest absolute Gasteiger partial charge is 0.385 e. The number of hydrogen-bond acceptors (Lipinski definition) is 2. The van der Waals surface area contributed by atoms with E-state index in [0.717, 1.165) is 25.7 Å². The summed E-state index contributed by atoms with van der Waals surface area (Å²) >= 11 is 0. The molecule has 1 aliphatic rings. The van der Waals surface area contributed by atoms with Crippen LogP contribution in [0.2, 0.25) is 0 Å². The van der Waals surface area contributed by atoms with Crippen molar-refractivity contribution in [1.82, 2.24) is 0 Å². The zero-order valence-electron chi connectivity index (χ0n) is 9.34.